The van der Waals surface area contributed by atoms with Crippen LogP contribution in [-0.2, 0) is 30.9 Å². The average molecular weight is 1660 g/mol. The van der Waals surface area contributed by atoms with Gasteiger partial charge in [-0.25, -0.2) is 46.9 Å². The molecule has 0 bridgehead atoms. The van der Waals surface area contributed by atoms with Crippen LogP contribution in [0.15, 0.2) is 254 Å². The molecule has 0 saturated heterocycles. The van der Waals surface area contributed by atoms with Crippen LogP contribution in [-0.4, -0.2) is 44.0 Å². The van der Waals surface area contributed by atoms with Crippen molar-refractivity contribution in [1.82, 2.24) is 28.7 Å². The molecular weight excluding hydrogens is 1620 g/mol. The normalized spacial score (nSPS) is 12.2. The Kier molecular flexibility index (Phi) is 20.6. The van der Waals surface area contributed by atoms with Crippen LogP contribution in [0, 0.1) is 23.3 Å². The molecule has 0 radical (unpaired) electrons. The molecular formula is C74H33F19N6O12S3. The highest BCUT2D eigenvalue weighted by Crippen LogP contribution is 2.45. The first kappa shape index (κ1) is 79.2. The van der Waals surface area contributed by atoms with Gasteiger partial charge < -0.3 is 28.6 Å². The summed E-state index contributed by atoms with van der Waals surface area (Å²) in [6.07, 6.45) is -19.7. The fraction of sp³-hybridized carbons (Fsp3) is 0.0676. The zero-order valence-corrected chi connectivity index (χ0v) is 57.9. The Morgan fingerprint density at radius 2 is 0.614 bits per heavy atom. The van der Waals surface area contributed by atoms with Crippen molar-refractivity contribution in [2.24, 2.45) is 0 Å². The molecule has 40 heteroatoms. The zero-order chi connectivity index (χ0) is 82.3. The van der Waals surface area contributed by atoms with Gasteiger partial charge in [-0.1, -0.05) is 59.6 Å². The Labute approximate surface area is 629 Å². The number of hydrogen-bond acceptors (Lipinski definition) is 18. The van der Waals surface area contributed by atoms with Gasteiger partial charge in [-0.05, 0) is 133 Å². The van der Waals surface area contributed by atoms with Crippen molar-refractivity contribution in [2.75, 3.05) is 0 Å². The van der Waals surface area contributed by atoms with Crippen LogP contribution >= 0.6 is 35.3 Å². The van der Waals surface area contributed by atoms with E-state index < -0.39 is 174 Å². The maximum atomic E-state index is 14.2. The third-order valence-electron chi connectivity index (χ3n) is 16.5. The van der Waals surface area contributed by atoms with E-state index in [0.29, 0.717) is 34.2 Å². The summed E-state index contributed by atoms with van der Waals surface area (Å²) < 4.78 is 272. The smallest absolute Gasteiger partial charge is 0.416 e. The zero-order valence-electron chi connectivity index (χ0n) is 55.4. The molecule has 0 saturated carbocycles. The lowest BCUT2D eigenvalue weighted by Crippen LogP contribution is -2.22. The number of aromatic nitrogens is 6. The topological polar surface area (TPSA) is 256 Å². The number of pyridine rings is 6. The summed E-state index contributed by atoms with van der Waals surface area (Å²) in [5.41, 5.74) is -14.6. The Bertz CT molecular complexity index is 6840. The SMILES string of the molecule is O=c1oc2c(c(O)c1Sc1c(F)c(F)cc(F)c1F)c(=O)n(-c1cccc(C(F)(F)F)c1)c1ncccc21.O=c1oc2c(c(O)c1Sc1ccc(C(F)(F)F)cc1)c(=O)n(-c1cccc(C(F)(F)F)c1)c1ncccc21.O=c1oc2c(c(O)c1Sc1cccc(C(F)(F)F)c1)c(=O)n(-c1cccc(C(F)(F)F)c1)c1ncccc21. The van der Waals surface area contributed by atoms with Crippen LogP contribution in [0.1, 0.15) is 27.8 Å². The molecule has 0 amide bonds. The maximum Gasteiger partial charge on any atom is 0.416 e. The standard InChI is InChI=1S/2C25H12F6N2O4S.C24H9F7N2O4S/c26-24(27,28)12-4-1-6-14(10-12)33-21-16(8-3-9-32-21)19-17(22(33)35)18(34)20(23(36)37-19)38-15-7-2-5-13(11-15)25(29,30)31;26-24(27,28)12-6-8-15(9-7-12)38-20-18(34)17-19(37-23(20)36)16-5-2-10-32-21(16)33(22(17)35)14-4-1-3-13(11-14)25(29,30)31;25-12-8-13(26)16(28)19(15(12)27)38-20-17(34)14-18(37-23(20)36)11-5-2-6-32-21(11)33(22(14)35)10-4-1-3-9(7-10)24(29,30)31/h2*1-11,34H;1-8,34H. The Morgan fingerprint density at radius 3 is 0.939 bits per heavy atom. The molecule has 0 aliphatic heterocycles. The minimum atomic E-state index is -4.77. The van der Waals surface area contributed by atoms with E-state index in [4.69, 9.17) is 13.3 Å². The van der Waals surface area contributed by atoms with Crippen LogP contribution < -0.4 is 33.6 Å². The molecule has 3 N–H and O–H groups in total. The molecule has 9 heterocycles. The second kappa shape index (κ2) is 29.7. The second-order valence-electron chi connectivity index (χ2n) is 23.7. The van der Waals surface area contributed by atoms with Gasteiger partial charge in [0.2, 0.25) is 0 Å². The van der Waals surface area contributed by atoms with Gasteiger partial charge in [-0.2, -0.15) is 65.9 Å². The number of nitrogens with zero attached hydrogens (tertiary/aromatic N) is 6. The number of benzene rings is 6. The molecule has 6 aromatic carbocycles. The summed E-state index contributed by atoms with van der Waals surface area (Å²) in [5, 5.41) is 31.0. The molecule has 18 nitrogen and oxygen atoms in total. The predicted molar refractivity (Wildman–Crippen MR) is 372 cm³/mol. The highest BCUT2D eigenvalue weighted by atomic mass is 32.2. The Hall–Kier alpha value is -12.9. The molecule has 15 aromatic rings. The van der Waals surface area contributed by atoms with Gasteiger partial charge in [-0.15, -0.1) is 0 Å². The molecule has 0 unspecified atom stereocenters. The van der Waals surface area contributed by atoms with Gasteiger partial charge in [0.15, 0.2) is 74.2 Å². The van der Waals surface area contributed by atoms with Gasteiger partial charge in [0.25, 0.3) is 16.7 Å². The number of fused-ring (bicyclic) bond motifs is 9. The van der Waals surface area contributed by atoms with Crippen molar-refractivity contribution < 1.29 is 112 Å². The summed E-state index contributed by atoms with van der Waals surface area (Å²) in [7, 11) is 0. The Morgan fingerprint density at radius 1 is 0.316 bits per heavy atom. The van der Waals surface area contributed by atoms with Crippen molar-refractivity contribution in [2.45, 2.75) is 60.3 Å². The highest BCUT2D eigenvalue weighted by Gasteiger charge is 2.37. The van der Waals surface area contributed by atoms with Gasteiger partial charge in [0.1, 0.15) is 30.8 Å². The molecule has 114 heavy (non-hydrogen) atoms. The van der Waals surface area contributed by atoms with E-state index in [-0.39, 0.29) is 88.9 Å². The number of rotatable bonds is 9. The van der Waals surface area contributed by atoms with Crippen molar-refractivity contribution in [3.63, 3.8) is 0 Å². The fourth-order valence-corrected chi connectivity index (χ4v) is 14.1. The molecule has 0 aliphatic carbocycles. The van der Waals surface area contributed by atoms with E-state index in [2.05, 4.69) is 15.0 Å². The average Bonchev–Trinajstić information content (AvgIpc) is 0.701. The van der Waals surface area contributed by atoms with Gasteiger partial charge in [0.05, 0.1) is 65.9 Å². The predicted octanol–water partition coefficient (Wildman–Crippen LogP) is 18.7. The molecule has 0 atom stereocenters. The summed E-state index contributed by atoms with van der Waals surface area (Å²) in [6.45, 7) is 0. The minimum Gasteiger partial charge on any atom is -0.505 e. The fourth-order valence-electron chi connectivity index (χ4n) is 11.4. The van der Waals surface area contributed by atoms with Crippen molar-refractivity contribution >= 4 is 101 Å². The quantitative estimate of drug-likeness (QED) is 0.0689. The number of aromatic hydroxyl groups is 3. The minimum absolute atomic E-state index is 0.0301. The monoisotopic (exact) mass is 1650 g/mol. The van der Waals surface area contributed by atoms with E-state index >= 15 is 0 Å². The highest BCUT2D eigenvalue weighted by molar-refractivity contribution is 8.00. The summed E-state index contributed by atoms with van der Waals surface area (Å²) >= 11 is 0.759. The lowest BCUT2D eigenvalue weighted by atomic mass is 10.1. The number of alkyl halides is 15. The second-order valence-corrected chi connectivity index (χ2v) is 26.8. The van der Waals surface area contributed by atoms with Crippen LogP contribution in [0.5, 0.6) is 17.2 Å². The van der Waals surface area contributed by atoms with E-state index in [0.717, 1.165) is 106 Å². The third kappa shape index (κ3) is 15.0. The van der Waals surface area contributed by atoms with Gasteiger partial charge in [0, 0.05) is 34.4 Å². The number of hydrogen-bond donors (Lipinski definition) is 3. The van der Waals surface area contributed by atoms with Gasteiger partial charge in [-0.3, -0.25) is 28.1 Å². The van der Waals surface area contributed by atoms with Crippen molar-refractivity contribution in [1.29, 1.82) is 0 Å². The first-order chi connectivity index (χ1) is 53.6. The van der Waals surface area contributed by atoms with Crippen LogP contribution in [0.2, 0.25) is 0 Å². The summed E-state index contributed by atoms with van der Waals surface area (Å²) in [5.74, 6) is -10.2. The van der Waals surface area contributed by atoms with E-state index in [9.17, 15) is 128 Å². The largest absolute Gasteiger partial charge is 0.505 e. The molecule has 0 aliphatic rings. The lowest BCUT2D eigenvalue weighted by Gasteiger charge is -2.15. The molecule has 9 aromatic heterocycles. The summed E-state index contributed by atoms with van der Waals surface area (Å²) in [4.78, 5) is 87.7. The van der Waals surface area contributed by atoms with Crippen LogP contribution in [0.25, 0.3) is 83.1 Å². The van der Waals surface area contributed by atoms with E-state index in [1.165, 1.54) is 73.2 Å². The summed E-state index contributed by atoms with van der Waals surface area (Å²) in [6, 6.07) is 27.2. The van der Waals surface area contributed by atoms with Crippen molar-refractivity contribution in [3.8, 4) is 34.3 Å². The lowest BCUT2D eigenvalue weighted by molar-refractivity contribution is -0.138. The molecule has 0 spiro atoms. The van der Waals surface area contributed by atoms with Crippen molar-refractivity contribution in [3.05, 3.63) is 296 Å². The molecule has 0 fully saturated rings. The number of halogens is 19. The van der Waals surface area contributed by atoms with E-state index in [1.54, 1.807) is 0 Å². The maximum absolute atomic E-state index is 14.2. The van der Waals surface area contributed by atoms with Crippen LogP contribution in [0.4, 0.5) is 83.4 Å². The molecule has 15 rings (SSSR count). The Balaban J connectivity index is 0.000000149. The van der Waals surface area contributed by atoms with E-state index in [1.807, 2.05) is 0 Å². The third-order valence-corrected chi connectivity index (χ3v) is 19.8. The first-order valence-corrected chi connectivity index (χ1v) is 33.9. The first-order valence-electron chi connectivity index (χ1n) is 31.4. The van der Waals surface area contributed by atoms with Crippen LogP contribution in [0.3, 0.4) is 0 Å². The van der Waals surface area contributed by atoms with Gasteiger partial charge >= 0.3 is 47.8 Å². The molecule has 582 valence electrons.